The van der Waals surface area contributed by atoms with Crippen LogP contribution in [0.1, 0.15) is 53.4 Å². The van der Waals surface area contributed by atoms with Gasteiger partial charge in [-0.15, -0.1) is 0 Å². The summed E-state index contributed by atoms with van der Waals surface area (Å²) in [5, 5.41) is 36.1. The molecule has 3 fully saturated rings. The zero-order chi connectivity index (χ0) is 18.8. The molecule has 35 heavy (non-hydrogen) atoms. The quantitative estimate of drug-likeness (QED) is 0.263. The molecule has 3 saturated heterocycles. The average molecular weight is 537 g/mol. The lowest BCUT2D eigenvalue weighted by molar-refractivity contribution is -0.125. The molecular weight excluding hydrogens is 480 g/mol. The highest BCUT2D eigenvalue weighted by atomic mass is 16.5. The van der Waals surface area contributed by atoms with E-state index in [0.717, 1.165) is 19.3 Å². The van der Waals surface area contributed by atoms with Gasteiger partial charge in [0.15, 0.2) is 0 Å². The Hall–Kier alpha value is -0.600. The molecule has 0 aliphatic carbocycles. The van der Waals surface area contributed by atoms with Crippen molar-refractivity contribution < 1.29 is 77.7 Å². The van der Waals surface area contributed by atoms with Gasteiger partial charge in [-0.2, -0.15) is 0 Å². The van der Waals surface area contributed by atoms with Crippen LogP contribution in [-0.2, 0) is 18.9 Å². The van der Waals surface area contributed by atoms with Gasteiger partial charge in [0.25, 0.3) is 0 Å². The first-order valence-corrected chi connectivity index (χ1v) is 9.65. The highest BCUT2D eigenvalue weighted by Gasteiger charge is 2.26. The van der Waals surface area contributed by atoms with E-state index in [1.807, 2.05) is 0 Å². The van der Waals surface area contributed by atoms with Gasteiger partial charge in [0, 0.05) is 39.1 Å². The number of hydrogen-bond donors (Lipinski definition) is 4. The van der Waals surface area contributed by atoms with Crippen molar-refractivity contribution in [2.45, 2.75) is 90.0 Å². The Morgan fingerprint density at radius 3 is 1.34 bits per heavy atom. The maximum Gasteiger partial charge on any atom is 0.0833 e. The fourth-order valence-corrected chi connectivity index (χ4v) is 3.33. The molecule has 0 bridgehead atoms. The highest BCUT2D eigenvalue weighted by Crippen LogP contribution is 2.19. The standard InChI is InChI=1S/C12H22O5.C6H12O3.2CH4.7H2O/c13-7-11-6-10(2-4-15-11)17-8-12-5-9(14)1-3-16-12;7-4-6-3-5(8)1-2-9-6;;;;;;;;;/h9-14H,1-8H2;5-8H,1-4H2;2*1H4;7*1H2. The summed E-state index contributed by atoms with van der Waals surface area (Å²) in [6.07, 6.45) is 3.68. The zero-order valence-corrected chi connectivity index (χ0v) is 18.9. The SMILES string of the molecule is C.C.O.O.O.O.O.O.O.OCC1CC(O)CCO1.OCC1CC(OCC2CC(O)CCO2)CCO1. The molecule has 0 aromatic carbocycles. The molecule has 3 heterocycles. The summed E-state index contributed by atoms with van der Waals surface area (Å²) < 4.78 is 21.8. The molecule has 0 saturated carbocycles. The van der Waals surface area contributed by atoms with Gasteiger partial charge in [-0.25, -0.2) is 0 Å². The van der Waals surface area contributed by atoms with Crippen molar-refractivity contribution in [1.82, 2.24) is 0 Å². The topological polar surface area (TPSA) is 338 Å². The molecule has 0 aromatic rings. The number of aliphatic hydroxyl groups is 4. The molecule has 3 rings (SSSR count). The van der Waals surface area contributed by atoms with E-state index in [0.29, 0.717) is 45.7 Å². The summed E-state index contributed by atoms with van der Waals surface area (Å²) in [7, 11) is 0. The van der Waals surface area contributed by atoms with Gasteiger partial charge >= 0.3 is 0 Å². The Balaban J connectivity index is -0.0000000606. The lowest BCUT2D eigenvalue weighted by Gasteiger charge is -2.31. The number of ether oxygens (including phenoxy) is 4. The highest BCUT2D eigenvalue weighted by molar-refractivity contribution is 4.74. The number of rotatable bonds is 5. The van der Waals surface area contributed by atoms with Gasteiger partial charge < -0.3 is 77.7 Å². The van der Waals surface area contributed by atoms with Gasteiger partial charge in [-0.1, -0.05) is 14.9 Å². The van der Waals surface area contributed by atoms with E-state index in [1.54, 1.807) is 0 Å². The first-order chi connectivity index (χ1) is 12.6. The molecule has 3 aliphatic rings. The van der Waals surface area contributed by atoms with E-state index in [2.05, 4.69) is 0 Å². The second-order valence-electron chi connectivity index (χ2n) is 7.18. The summed E-state index contributed by atoms with van der Waals surface area (Å²) >= 11 is 0. The minimum Gasteiger partial charge on any atom is -0.412 e. The predicted molar refractivity (Wildman–Crippen MR) is 132 cm³/mol. The van der Waals surface area contributed by atoms with Crippen molar-refractivity contribution >= 4 is 0 Å². The van der Waals surface area contributed by atoms with Gasteiger partial charge in [0.2, 0.25) is 0 Å². The Morgan fingerprint density at radius 1 is 0.571 bits per heavy atom. The maximum atomic E-state index is 9.51. The van der Waals surface area contributed by atoms with Crippen molar-refractivity contribution in [1.29, 1.82) is 0 Å². The van der Waals surface area contributed by atoms with Crippen LogP contribution in [0.4, 0.5) is 0 Å². The molecule has 6 atom stereocenters. The number of hydrogen-bond acceptors (Lipinski definition) is 8. The second kappa shape index (κ2) is 31.4. The molecular formula is C20H56O15. The molecule has 226 valence electrons. The summed E-state index contributed by atoms with van der Waals surface area (Å²) in [4.78, 5) is 0. The zero-order valence-electron chi connectivity index (χ0n) is 18.9. The molecule has 6 unspecified atom stereocenters. The van der Waals surface area contributed by atoms with Crippen LogP contribution in [0.3, 0.4) is 0 Å². The monoisotopic (exact) mass is 536 g/mol. The van der Waals surface area contributed by atoms with Crippen molar-refractivity contribution in [3.63, 3.8) is 0 Å². The van der Waals surface area contributed by atoms with Gasteiger partial charge in [-0.05, 0) is 19.3 Å². The Kier molecular flexibility index (Phi) is 49.4. The van der Waals surface area contributed by atoms with Gasteiger partial charge in [0.1, 0.15) is 0 Å². The van der Waals surface area contributed by atoms with Crippen molar-refractivity contribution in [2.24, 2.45) is 0 Å². The summed E-state index contributed by atoms with van der Waals surface area (Å²) in [6.45, 7) is 2.44. The molecule has 0 radical (unpaired) electrons. The summed E-state index contributed by atoms with van der Waals surface area (Å²) in [5.74, 6) is 0. The molecule has 15 heteroatoms. The number of aliphatic hydroxyl groups excluding tert-OH is 4. The van der Waals surface area contributed by atoms with E-state index in [-0.39, 0.29) is 103 Å². The van der Waals surface area contributed by atoms with Crippen molar-refractivity contribution in [3.05, 3.63) is 0 Å². The lowest BCUT2D eigenvalue weighted by Crippen LogP contribution is -2.37. The minimum atomic E-state index is -0.268. The van der Waals surface area contributed by atoms with Crippen LogP contribution >= 0.6 is 0 Å². The van der Waals surface area contributed by atoms with Crippen LogP contribution in [0, 0.1) is 0 Å². The third-order valence-corrected chi connectivity index (χ3v) is 4.92. The molecule has 0 amide bonds. The summed E-state index contributed by atoms with van der Waals surface area (Å²) in [5.41, 5.74) is 0. The molecule has 3 aliphatic heterocycles. The van der Waals surface area contributed by atoms with Crippen LogP contribution in [0.2, 0.25) is 0 Å². The predicted octanol–water partition coefficient (Wildman–Crippen LogP) is -4.90. The van der Waals surface area contributed by atoms with Crippen LogP contribution in [0.25, 0.3) is 0 Å². The van der Waals surface area contributed by atoms with E-state index in [9.17, 15) is 5.11 Å². The van der Waals surface area contributed by atoms with Crippen molar-refractivity contribution in [2.75, 3.05) is 39.6 Å². The maximum absolute atomic E-state index is 9.51. The van der Waals surface area contributed by atoms with Crippen LogP contribution in [0.15, 0.2) is 0 Å². The fraction of sp³-hybridized carbons (Fsp3) is 1.00. The first kappa shape index (κ1) is 55.1. The van der Waals surface area contributed by atoms with E-state index < -0.39 is 0 Å². The largest absolute Gasteiger partial charge is 0.412 e. The van der Waals surface area contributed by atoms with Crippen molar-refractivity contribution in [3.8, 4) is 0 Å². The lowest BCUT2D eigenvalue weighted by atomic mass is 10.1. The normalized spacial score (nSPS) is 28.5. The van der Waals surface area contributed by atoms with Crippen LogP contribution in [0.5, 0.6) is 0 Å². The van der Waals surface area contributed by atoms with Gasteiger partial charge in [-0.3, -0.25) is 0 Å². The summed E-state index contributed by atoms with van der Waals surface area (Å²) in [6, 6.07) is 0. The molecule has 0 spiro atoms. The second-order valence-corrected chi connectivity index (χ2v) is 7.18. The molecule has 15 nitrogen and oxygen atoms in total. The molecule has 0 aromatic heterocycles. The van der Waals surface area contributed by atoms with E-state index in [1.165, 1.54) is 0 Å². The minimum absolute atomic E-state index is 0. The third-order valence-electron chi connectivity index (χ3n) is 4.92. The van der Waals surface area contributed by atoms with E-state index in [4.69, 9.17) is 34.3 Å². The first-order valence-electron chi connectivity index (χ1n) is 9.65. The third kappa shape index (κ3) is 22.3. The van der Waals surface area contributed by atoms with Crippen LogP contribution in [-0.4, -0.2) is 135 Å². The Labute approximate surface area is 208 Å². The average Bonchev–Trinajstić information content (AvgIpc) is 2.67. The Morgan fingerprint density at radius 2 is 0.943 bits per heavy atom. The van der Waals surface area contributed by atoms with Gasteiger partial charge in [0.05, 0.1) is 56.4 Å². The fourth-order valence-electron chi connectivity index (χ4n) is 3.33. The smallest absolute Gasteiger partial charge is 0.0833 e. The Bertz CT molecular complexity index is 380. The molecule has 18 N–H and O–H groups in total. The van der Waals surface area contributed by atoms with E-state index >= 15 is 0 Å². The van der Waals surface area contributed by atoms with Crippen LogP contribution < -0.4 is 0 Å².